The third kappa shape index (κ3) is 4.73. The fourth-order valence-corrected chi connectivity index (χ4v) is 1.56. The van der Waals surface area contributed by atoms with Gasteiger partial charge < -0.3 is 5.11 Å². The topological polar surface area (TPSA) is 56.3 Å². The summed E-state index contributed by atoms with van der Waals surface area (Å²) >= 11 is 0. The summed E-state index contributed by atoms with van der Waals surface area (Å²) in [5.74, 6) is 0.312. The highest BCUT2D eigenvalue weighted by Crippen LogP contribution is 2.21. The highest BCUT2D eigenvalue weighted by molar-refractivity contribution is 5.34. The van der Waals surface area contributed by atoms with Crippen LogP contribution < -0.4 is 16.2 Å². The standard InChI is InChI=1S/C13H23N3O/c1-3-9-14-13(16-15-10-4-2)11-7-5-6-8-12(11)17/h5-8,13-17H,3-4,9-10H2,1-2H3. The molecule has 0 heterocycles. The second kappa shape index (κ2) is 8.06. The van der Waals surface area contributed by atoms with Gasteiger partial charge in [-0.25, -0.2) is 5.43 Å². The molecule has 0 fully saturated rings. The van der Waals surface area contributed by atoms with Crippen LogP contribution in [-0.2, 0) is 0 Å². The van der Waals surface area contributed by atoms with Crippen molar-refractivity contribution in [2.24, 2.45) is 0 Å². The lowest BCUT2D eigenvalue weighted by Gasteiger charge is -2.21. The van der Waals surface area contributed by atoms with Crippen LogP contribution in [0.1, 0.15) is 38.4 Å². The molecule has 4 N–H and O–H groups in total. The summed E-state index contributed by atoms with van der Waals surface area (Å²) in [6.07, 6.45) is 2.05. The van der Waals surface area contributed by atoms with Crippen molar-refractivity contribution in [2.75, 3.05) is 13.1 Å². The molecule has 0 radical (unpaired) electrons. The monoisotopic (exact) mass is 237 g/mol. The summed E-state index contributed by atoms with van der Waals surface area (Å²) < 4.78 is 0. The van der Waals surface area contributed by atoms with Crippen molar-refractivity contribution in [2.45, 2.75) is 32.9 Å². The minimum absolute atomic E-state index is 0.0669. The van der Waals surface area contributed by atoms with Crippen molar-refractivity contribution in [3.8, 4) is 5.75 Å². The van der Waals surface area contributed by atoms with Crippen LogP contribution in [-0.4, -0.2) is 18.2 Å². The minimum Gasteiger partial charge on any atom is -0.508 e. The van der Waals surface area contributed by atoms with Gasteiger partial charge in [0.05, 0.1) is 6.17 Å². The average Bonchev–Trinajstić information content (AvgIpc) is 2.35. The SMILES string of the molecule is CCCNNC(NCCC)c1ccccc1O. The number of hydrogen-bond donors (Lipinski definition) is 4. The Balaban J connectivity index is 2.64. The highest BCUT2D eigenvalue weighted by atomic mass is 16.3. The highest BCUT2D eigenvalue weighted by Gasteiger charge is 2.12. The van der Waals surface area contributed by atoms with Crippen molar-refractivity contribution in [1.82, 2.24) is 16.2 Å². The third-order valence-electron chi connectivity index (χ3n) is 2.47. The zero-order valence-corrected chi connectivity index (χ0v) is 10.7. The first-order chi connectivity index (χ1) is 8.29. The van der Waals surface area contributed by atoms with E-state index in [1.807, 2.05) is 18.2 Å². The van der Waals surface area contributed by atoms with Gasteiger partial charge in [-0.15, -0.1) is 0 Å². The third-order valence-corrected chi connectivity index (χ3v) is 2.47. The van der Waals surface area contributed by atoms with Gasteiger partial charge >= 0.3 is 0 Å². The molecule has 1 aromatic carbocycles. The summed E-state index contributed by atoms with van der Waals surface area (Å²) in [4.78, 5) is 0. The van der Waals surface area contributed by atoms with Crippen LogP contribution in [0.2, 0.25) is 0 Å². The van der Waals surface area contributed by atoms with E-state index in [0.29, 0.717) is 5.75 Å². The Bertz CT molecular complexity index is 317. The molecule has 0 amide bonds. The van der Waals surface area contributed by atoms with Crippen molar-refractivity contribution in [1.29, 1.82) is 0 Å². The van der Waals surface area contributed by atoms with E-state index in [1.54, 1.807) is 6.07 Å². The van der Waals surface area contributed by atoms with Gasteiger partial charge in [0.2, 0.25) is 0 Å². The van der Waals surface area contributed by atoms with E-state index in [-0.39, 0.29) is 6.17 Å². The van der Waals surface area contributed by atoms with Gasteiger partial charge in [0.15, 0.2) is 0 Å². The molecule has 0 aromatic heterocycles. The first-order valence-corrected chi connectivity index (χ1v) is 6.29. The van der Waals surface area contributed by atoms with Crippen LogP contribution in [0, 0.1) is 0 Å². The molecule has 1 unspecified atom stereocenters. The van der Waals surface area contributed by atoms with E-state index in [9.17, 15) is 5.11 Å². The van der Waals surface area contributed by atoms with Gasteiger partial charge in [0.25, 0.3) is 0 Å². The number of hydrazine groups is 1. The van der Waals surface area contributed by atoms with Gasteiger partial charge in [0, 0.05) is 12.1 Å². The van der Waals surface area contributed by atoms with Crippen LogP contribution in [0.4, 0.5) is 0 Å². The predicted octanol–water partition coefficient (Wildman–Crippen LogP) is 1.89. The molecule has 0 spiro atoms. The largest absolute Gasteiger partial charge is 0.508 e. The molecule has 1 atom stereocenters. The lowest BCUT2D eigenvalue weighted by molar-refractivity contribution is 0.362. The van der Waals surface area contributed by atoms with E-state index >= 15 is 0 Å². The number of para-hydroxylation sites is 1. The zero-order chi connectivity index (χ0) is 12.5. The fraction of sp³-hybridized carbons (Fsp3) is 0.538. The second-order valence-corrected chi connectivity index (χ2v) is 4.02. The number of phenolic OH excluding ortho intramolecular Hbond substituents is 1. The number of benzene rings is 1. The second-order valence-electron chi connectivity index (χ2n) is 4.02. The van der Waals surface area contributed by atoms with Crippen LogP contribution in [0.15, 0.2) is 24.3 Å². The number of phenols is 1. The van der Waals surface area contributed by atoms with Gasteiger partial charge in [-0.1, -0.05) is 32.0 Å². The van der Waals surface area contributed by atoms with Crippen LogP contribution in [0.5, 0.6) is 5.75 Å². The van der Waals surface area contributed by atoms with Gasteiger partial charge in [-0.2, -0.15) is 0 Å². The maximum absolute atomic E-state index is 9.83. The summed E-state index contributed by atoms with van der Waals surface area (Å²) in [7, 11) is 0. The predicted molar refractivity (Wildman–Crippen MR) is 70.6 cm³/mol. The number of rotatable bonds is 8. The lowest BCUT2D eigenvalue weighted by atomic mass is 10.1. The van der Waals surface area contributed by atoms with Crippen molar-refractivity contribution in [3.63, 3.8) is 0 Å². The zero-order valence-electron chi connectivity index (χ0n) is 10.7. The maximum Gasteiger partial charge on any atom is 0.121 e. The van der Waals surface area contributed by atoms with E-state index in [4.69, 9.17) is 0 Å². The Kier molecular flexibility index (Phi) is 6.62. The fourth-order valence-electron chi connectivity index (χ4n) is 1.56. The van der Waals surface area contributed by atoms with Gasteiger partial charge in [0.1, 0.15) is 5.75 Å². The van der Waals surface area contributed by atoms with Crippen molar-refractivity contribution < 1.29 is 5.11 Å². The molecule has 0 aliphatic rings. The number of nitrogens with one attached hydrogen (secondary N) is 3. The van der Waals surface area contributed by atoms with E-state index in [1.165, 1.54) is 0 Å². The molecule has 0 saturated heterocycles. The Morgan fingerprint density at radius 3 is 2.47 bits per heavy atom. The molecule has 96 valence electrons. The average molecular weight is 237 g/mol. The van der Waals surface area contributed by atoms with Crippen LogP contribution in [0.25, 0.3) is 0 Å². The Morgan fingerprint density at radius 1 is 1.12 bits per heavy atom. The molecule has 0 saturated carbocycles. The smallest absolute Gasteiger partial charge is 0.121 e. The molecule has 4 nitrogen and oxygen atoms in total. The van der Waals surface area contributed by atoms with Crippen molar-refractivity contribution >= 4 is 0 Å². The molecule has 0 aliphatic heterocycles. The number of hydrogen-bond acceptors (Lipinski definition) is 4. The molecule has 1 aromatic rings. The van der Waals surface area contributed by atoms with E-state index in [0.717, 1.165) is 31.5 Å². The Morgan fingerprint density at radius 2 is 1.82 bits per heavy atom. The Labute approximate surface area is 103 Å². The quantitative estimate of drug-likeness (QED) is 0.317. The van der Waals surface area contributed by atoms with Gasteiger partial charge in [-0.05, 0) is 25.5 Å². The first-order valence-electron chi connectivity index (χ1n) is 6.29. The summed E-state index contributed by atoms with van der Waals surface area (Å²) in [5, 5.41) is 13.2. The van der Waals surface area contributed by atoms with E-state index in [2.05, 4.69) is 30.0 Å². The summed E-state index contributed by atoms with van der Waals surface area (Å²) in [5.41, 5.74) is 7.20. The molecule has 17 heavy (non-hydrogen) atoms. The van der Waals surface area contributed by atoms with Crippen LogP contribution >= 0.6 is 0 Å². The molecular weight excluding hydrogens is 214 g/mol. The minimum atomic E-state index is -0.0669. The molecule has 0 aliphatic carbocycles. The maximum atomic E-state index is 9.83. The molecule has 0 bridgehead atoms. The van der Waals surface area contributed by atoms with E-state index < -0.39 is 0 Å². The first kappa shape index (κ1) is 14.0. The molecular formula is C13H23N3O. The number of aromatic hydroxyl groups is 1. The normalized spacial score (nSPS) is 12.6. The van der Waals surface area contributed by atoms with Crippen LogP contribution in [0.3, 0.4) is 0 Å². The van der Waals surface area contributed by atoms with Gasteiger partial charge in [-0.3, -0.25) is 10.7 Å². The lowest BCUT2D eigenvalue weighted by Crippen LogP contribution is -2.43. The summed E-state index contributed by atoms with van der Waals surface area (Å²) in [6, 6.07) is 7.38. The summed E-state index contributed by atoms with van der Waals surface area (Å²) in [6.45, 7) is 6.04. The molecule has 1 rings (SSSR count). The van der Waals surface area contributed by atoms with Crippen molar-refractivity contribution in [3.05, 3.63) is 29.8 Å². The molecule has 4 heteroatoms. The Hall–Kier alpha value is -1.10.